The summed E-state index contributed by atoms with van der Waals surface area (Å²) in [6.07, 6.45) is 8.01. The molecule has 0 spiro atoms. The number of halogens is 1. The van der Waals surface area contributed by atoms with Crippen LogP contribution in [0.4, 0.5) is 11.5 Å². The molecule has 0 aliphatic carbocycles. The molecule has 1 N–H and O–H groups in total. The van der Waals surface area contributed by atoms with Gasteiger partial charge in [0.15, 0.2) is 11.6 Å². The predicted molar refractivity (Wildman–Crippen MR) is 141 cm³/mol. The van der Waals surface area contributed by atoms with Crippen molar-refractivity contribution in [3.8, 4) is 17.4 Å². The van der Waals surface area contributed by atoms with E-state index < -0.39 is 0 Å². The van der Waals surface area contributed by atoms with Gasteiger partial charge in [0, 0.05) is 37.1 Å². The predicted octanol–water partition coefficient (Wildman–Crippen LogP) is 3.97. The van der Waals surface area contributed by atoms with Gasteiger partial charge in [0.2, 0.25) is 5.91 Å². The topological polar surface area (TPSA) is 124 Å². The molecule has 1 saturated heterocycles. The number of carbonyl (C=O) groups is 1. The minimum absolute atomic E-state index is 0.127. The van der Waals surface area contributed by atoms with E-state index in [9.17, 15) is 4.79 Å². The third-order valence-electron chi connectivity index (χ3n) is 5.86. The fourth-order valence-corrected chi connectivity index (χ4v) is 4.21. The van der Waals surface area contributed by atoms with Crippen molar-refractivity contribution in [3.05, 3.63) is 72.6 Å². The number of carbonyl (C=O) groups excluding carboxylic acids is 1. The Morgan fingerprint density at radius 3 is 2.89 bits per heavy atom. The summed E-state index contributed by atoms with van der Waals surface area (Å²) in [6.45, 7) is 4.81. The molecular formula is C26H24ClN7O4. The van der Waals surface area contributed by atoms with E-state index in [0.717, 1.165) is 0 Å². The van der Waals surface area contributed by atoms with Crippen molar-refractivity contribution >= 4 is 40.0 Å². The second-order valence-electron chi connectivity index (χ2n) is 8.36. The van der Waals surface area contributed by atoms with Gasteiger partial charge in [-0.05, 0) is 24.3 Å². The van der Waals surface area contributed by atoms with Gasteiger partial charge in [-0.25, -0.2) is 15.0 Å². The molecule has 12 heteroatoms. The summed E-state index contributed by atoms with van der Waals surface area (Å²) in [4.78, 5) is 35.2. The lowest BCUT2D eigenvalue weighted by molar-refractivity contribution is -0.125. The van der Waals surface area contributed by atoms with E-state index in [-0.39, 0.29) is 18.6 Å². The minimum atomic E-state index is -0.230. The van der Waals surface area contributed by atoms with E-state index in [1.807, 2.05) is 6.07 Å². The third kappa shape index (κ3) is 5.57. The Hall–Kier alpha value is -4.51. The monoisotopic (exact) mass is 533 g/mol. The molecule has 3 aromatic heterocycles. The Morgan fingerprint density at radius 1 is 1.24 bits per heavy atom. The molecule has 0 saturated carbocycles. The average Bonchev–Trinajstić information content (AvgIpc) is 3.41. The smallest absolute Gasteiger partial charge is 0.258 e. The standard InChI is InChI=1S/C26H24ClN7O4/c1-3-23(35)34-9-6-18(13-34)38-26-22(36-2)11-20-24(33-26)25(31-15-30-20)32-16-4-5-21(19(27)10-16)37-14-17-12-28-7-8-29-17/h3-5,7-8,10-12,15,18H,1,6,9,13-14H2,2H3,(H,30,31,32). The van der Waals surface area contributed by atoms with Gasteiger partial charge in [0.1, 0.15) is 30.3 Å². The van der Waals surface area contributed by atoms with Crippen LogP contribution in [-0.4, -0.2) is 62.0 Å². The van der Waals surface area contributed by atoms with Crippen molar-refractivity contribution in [1.29, 1.82) is 0 Å². The highest BCUT2D eigenvalue weighted by molar-refractivity contribution is 6.32. The molecule has 5 rings (SSSR count). The van der Waals surface area contributed by atoms with Crippen molar-refractivity contribution < 1.29 is 19.0 Å². The molecular weight excluding hydrogens is 510 g/mol. The number of hydrogen-bond acceptors (Lipinski definition) is 10. The largest absolute Gasteiger partial charge is 0.491 e. The maximum atomic E-state index is 11.9. The van der Waals surface area contributed by atoms with Gasteiger partial charge in [-0.3, -0.25) is 14.8 Å². The summed E-state index contributed by atoms with van der Waals surface area (Å²) < 4.78 is 17.4. The molecule has 38 heavy (non-hydrogen) atoms. The van der Waals surface area contributed by atoms with Crippen LogP contribution in [-0.2, 0) is 11.4 Å². The number of rotatable bonds is 9. The van der Waals surface area contributed by atoms with Crippen LogP contribution in [0.25, 0.3) is 11.0 Å². The Bertz CT molecular complexity index is 1470. The van der Waals surface area contributed by atoms with Crippen LogP contribution >= 0.6 is 11.6 Å². The number of nitrogens with zero attached hydrogens (tertiary/aromatic N) is 6. The van der Waals surface area contributed by atoms with E-state index in [4.69, 9.17) is 25.8 Å². The SMILES string of the molecule is C=CC(=O)N1CCC(Oc2nc3c(Nc4ccc(OCc5cnccn5)c(Cl)c4)ncnc3cc2OC)C1. The van der Waals surface area contributed by atoms with Crippen molar-refractivity contribution in [1.82, 2.24) is 29.8 Å². The summed E-state index contributed by atoms with van der Waals surface area (Å²) in [5, 5.41) is 3.65. The van der Waals surface area contributed by atoms with Gasteiger partial charge < -0.3 is 24.4 Å². The maximum absolute atomic E-state index is 11.9. The number of fused-ring (bicyclic) bond motifs is 1. The Labute approximate surface area is 223 Å². The highest BCUT2D eigenvalue weighted by atomic mass is 35.5. The number of pyridine rings is 1. The van der Waals surface area contributed by atoms with Gasteiger partial charge in [-0.1, -0.05) is 18.2 Å². The molecule has 194 valence electrons. The first-order valence-electron chi connectivity index (χ1n) is 11.8. The molecule has 0 bridgehead atoms. The van der Waals surface area contributed by atoms with E-state index in [1.165, 1.54) is 19.5 Å². The van der Waals surface area contributed by atoms with Crippen LogP contribution in [0.2, 0.25) is 5.02 Å². The molecule has 11 nitrogen and oxygen atoms in total. The molecule has 1 aromatic carbocycles. The quantitative estimate of drug-likeness (QED) is 0.316. The summed E-state index contributed by atoms with van der Waals surface area (Å²) >= 11 is 6.46. The Morgan fingerprint density at radius 2 is 2.13 bits per heavy atom. The fourth-order valence-electron chi connectivity index (χ4n) is 3.97. The first-order chi connectivity index (χ1) is 18.5. The van der Waals surface area contributed by atoms with E-state index in [0.29, 0.717) is 70.1 Å². The van der Waals surface area contributed by atoms with Crippen molar-refractivity contribution in [2.75, 3.05) is 25.5 Å². The van der Waals surface area contributed by atoms with Crippen LogP contribution in [0.15, 0.2) is 61.8 Å². The highest BCUT2D eigenvalue weighted by Gasteiger charge is 2.28. The number of amides is 1. The lowest BCUT2D eigenvalue weighted by atomic mass is 10.2. The molecule has 1 amide bonds. The molecule has 0 radical (unpaired) electrons. The van der Waals surface area contributed by atoms with Crippen molar-refractivity contribution in [2.24, 2.45) is 0 Å². The van der Waals surface area contributed by atoms with E-state index >= 15 is 0 Å². The number of ether oxygens (including phenoxy) is 3. The summed E-state index contributed by atoms with van der Waals surface area (Å²) in [5.74, 6) is 1.57. The second kappa shape index (κ2) is 11.3. The Balaban J connectivity index is 1.35. The van der Waals surface area contributed by atoms with Gasteiger partial charge in [-0.2, -0.15) is 0 Å². The highest BCUT2D eigenvalue weighted by Crippen LogP contribution is 2.34. The van der Waals surface area contributed by atoms with Crippen LogP contribution in [0, 0.1) is 0 Å². The molecule has 1 aliphatic heterocycles. The Kier molecular flexibility index (Phi) is 7.45. The molecule has 1 fully saturated rings. The molecule has 4 aromatic rings. The minimum Gasteiger partial charge on any atom is -0.491 e. The summed E-state index contributed by atoms with van der Waals surface area (Å²) in [7, 11) is 1.54. The number of hydrogen-bond donors (Lipinski definition) is 1. The lowest BCUT2D eigenvalue weighted by Crippen LogP contribution is -2.29. The van der Waals surface area contributed by atoms with Crippen molar-refractivity contribution in [3.63, 3.8) is 0 Å². The lowest BCUT2D eigenvalue weighted by Gasteiger charge is -2.17. The zero-order valence-corrected chi connectivity index (χ0v) is 21.3. The zero-order chi connectivity index (χ0) is 26.5. The van der Waals surface area contributed by atoms with E-state index in [1.54, 1.807) is 41.7 Å². The van der Waals surface area contributed by atoms with Crippen LogP contribution in [0.1, 0.15) is 12.1 Å². The van der Waals surface area contributed by atoms with Crippen LogP contribution < -0.4 is 19.5 Å². The first kappa shape index (κ1) is 25.2. The number of likely N-dealkylation sites (tertiary alicyclic amines) is 1. The van der Waals surface area contributed by atoms with Gasteiger partial charge in [0.25, 0.3) is 5.88 Å². The molecule has 1 atom stereocenters. The number of methoxy groups -OCH3 is 1. The average molecular weight is 534 g/mol. The number of anilines is 2. The number of benzene rings is 1. The van der Waals surface area contributed by atoms with Gasteiger partial charge in [-0.15, -0.1) is 0 Å². The number of aromatic nitrogens is 5. The molecule has 1 aliphatic rings. The number of nitrogens with one attached hydrogen (secondary N) is 1. The fraction of sp³-hybridized carbons (Fsp3) is 0.231. The summed E-state index contributed by atoms with van der Waals surface area (Å²) in [6, 6.07) is 7.04. The zero-order valence-electron chi connectivity index (χ0n) is 20.5. The van der Waals surface area contributed by atoms with E-state index in [2.05, 4.69) is 36.8 Å². The third-order valence-corrected chi connectivity index (χ3v) is 6.15. The van der Waals surface area contributed by atoms with Gasteiger partial charge in [0.05, 0.1) is 36.1 Å². The maximum Gasteiger partial charge on any atom is 0.258 e. The molecule has 1 unspecified atom stereocenters. The first-order valence-corrected chi connectivity index (χ1v) is 12.1. The summed E-state index contributed by atoms with van der Waals surface area (Å²) in [5.41, 5.74) is 2.42. The van der Waals surface area contributed by atoms with Gasteiger partial charge >= 0.3 is 0 Å². The van der Waals surface area contributed by atoms with Crippen LogP contribution in [0.3, 0.4) is 0 Å². The van der Waals surface area contributed by atoms with Crippen LogP contribution in [0.5, 0.6) is 17.4 Å². The molecule has 4 heterocycles. The second-order valence-corrected chi connectivity index (χ2v) is 8.77. The normalized spacial score (nSPS) is 14.8. The van der Waals surface area contributed by atoms with Crippen molar-refractivity contribution in [2.45, 2.75) is 19.1 Å².